The van der Waals surface area contributed by atoms with Gasteiger partial charge in [-0.3, -0.25) is 0 Å². The van der Waals surface area contributed by atoms with Crippen LogP contribution in [0.1, 0.15) is 41.5 Å². The van der Waals surface area contributed by atoms with Crippen molar-refractivity contribution in [3.05, 3.63) is 21.9 Å². The molecule has 3 heteroatoms. The van der Waals surface area contributed by atoms with Gasteiger partial charge >= 0.3 is 0 Å². The van der Waals surface area contributed by atoms with E-state index in [0.29, 0.717) is 6.04 Å². The molecule has 1 aromatic rings. The molecule has 2 rings (SSSR count). The van der Waals surface area contributed by atoms with Crippen LogP contribution in [-0.2, 0) is 4.74 Å². The van der Waals surface area contributed by atoms with E-state index in [-0.39, 0.29) is 5.60 Å². The van der Waals surface area contributed by atoms with Crippen molar-refractivity contribution in [3.63, 3.8) is 0 Å². The second kappa shape index (κ2) is 4.86. The van der Waals surface area contributed by atoms with Crippen molar-refractivity contribution in [1.82, 2.24) is 5.32 Å². The summed E-state index contributed by atoms with van der Waals surface area (Å²) in [5, 5.41) is 3.45. The quantitative estimate of drug-likeness (QED) is 0.870. The second-order valence-corrected chi connectivity index (χ2v) is 5.97. The van der Waals surface area contributed by atoms with E-state index in [4.69, 9.17) is 4.74 Å². The predicted molar refractivity (Wildman–Crippen MR) is 69.1 cm³/mol. The first-order valence-corrected chi connectivity index (χ1v) is 6.82. The Morgan fingerprint density at radius 2 is 2.06 bits per heavy atom. The number of hydrogen-bond donors (Lipinski definition) is 1. The molecular weight excluding hydrogens is 218 g/mol. The molecule has 1 aliphatic rings. The molecule has 1 saturated carbocycles. The molecule has 1 fully saturated rings. The van der Waals surface area contributed by atoms with Crippen molar-refractivity contribution in [3.8, 4) is 0 Å². The standard InChI is InChI=1S/C13H21NOS/c1-10-6-7-11(16-10)12(14-2)13(15-3)8-4-5-9-13/h6-7,12,14H,4-5,8-9H2,1-3H3. The fourth-order valence-corrected chi connectivity index (χ4v) is 3.95. The third-order valence-corrected chi connectivity index (χ3v) is 4.78. The lowest BCUT2D eigenvalue weighted by Crippen LogP contribution is -2.41. The third kappa shape index (κ3) is 2.04. The summed E-state index contributed by atoms with van der Waals surface area (Å²) >= 11 is 1.88. The first-order valence-electron chi connectivity index (χ1n) is 6.00. The highest BCUT2D eigenvalue weighted by atomic mass is 32.1. The summed E-state index contributed by atoms with van der Waals surface area (Å²) in [6.45, 7) is 2.16. The van der Waals surface area contributed by atoms with E-state index in [1.165, 1.54) is 35.4 Å². The molecule has 0 bridgehead atoms. The molecule has 0 radical (unpaired) electrons. The molecule has 0 saturated heterocycles. The zero-order valence-corrected chi connectivity index (χ0v) is 11.2. The maximum Gasteiger partial charge on any atom is 0.0880 e. The first kappa shape index (κ1) is 12.1. The zero-order chi connectivity index (χ0) is 11.6. The monoisotopic (exact) mass is 239 g/mol. The molecule has 1 heterocycles. The normalized spacial score (nSPS) is 21.2. The Morgan fingerprint density at radius 3 is 2.50 bits per heavy atom. The molecule has 1 unspecified atom stereocenters. The van der Waals surface area contributed by atoms with Gasteiger partial charge in [0.1, 0.15) is 0 Å². The number of methoxy groups -OCH3 is 1. The summed E-state index contributed by atoms with van der Waals surface area (Å²) in [5.74, 6) is 0. The molecule has 1 atom stereocenters. The molecule has 90 valence electrons. The van der Waals surface area contributed by atoms with E-state index in [2.05, 4.69) is 24.4 Å². The van der Waals surface area contributed by atoms with E-state index in [1.807, 2.05) is 25.5 Å². The number of ether oxygens (including phenoxy) is 1. The van der Waals surface area contributed by atoms with Gasteiger partial charge in [0.2, 0.25) is 0 Å². The van der Waals surface area contributed by atoms with E-state index in [9.17, 15) is 0 Å². The number of hydrogen-bond acceptors (Lipinski definition) is 3. The van der Waals surface area contributed by atoms with Crippen molar-refractivity contribution in [2.24, 2.45) is 0 Å². The van der Waals surface area contributed by atoms with Crippen LogP contribution in [0, 0.1) is 6.92 Å². The lowest BCUT2D eigenvalue weighted by Gasteiger charge is -2.35. The minimum Gasteiger partial charge on any atom is -0.376 e. The van der Waals surface area contributed by atoms with E-state index in [0.717, 1.165) is 0 Å². The molecule has 1 N–H and O–H groups in total. The molecule has 0 spiro atoms. The highest BCUT2D eigenvalue weighted by Crippen LogP contribution is 2.43. The summed E-state index contributed by atoms with van der Waals surface area (Å²) < 4.78 is 5.86. The molecule has 1 aliphatic carbocycles. The number of aryl methyl sites for hydroxylation is 1. The lowest BCUT2D eigenvalue weighted by atomic mass is 9.91. The van der Waals surface area contributed by atoms with Crippen molar-refractivity contribution in [2.75, 3.05) is 14.2 Å². The molecule has 0 aliphatic heterocycles. The Morgan fingerprint density at radius 1 is 1.38 bits per heavy atom. The SMILES string of the molecule is CNC(c1ccc(C)s1)C1(OC)CCCC1. The second-order valence-electron chi connectivity index (χ2n) is 4.65. The fraction of sp³-hybridized carbons (Fsp3) is 0.692. The van der Waals surface area contributed by atoms with Crippen LogP contribution in [0.25, 0.3) is 0 Å². The average Bonchev–Trinajstić information content (AvgIpc) is 2.90. The molecular formula is C13H21NOS. The van der Waals surface area contributed by atoms with Crippen LogP contribution in [0.2, 0.25) is 0 Å². The van der Waals surface area contributed by atoms with Gasteiger partial charge in [-0.15, -0.1) is 11.3 Å². The lowest BCUT2D eigenvalue weighted by molar-refractivity contribution is -0.0339. The van der Waals surface area contributed by atoms with Crippen LogP contribution in [0.4, 0.5) is 0 Å². The maximum absolute atomic E-state index is 5.86. The van der Waals surface area contributed by atoms with Gasteiger partial charge in [0.15, 0.2) is 0 Å². The first-order chi connectivity index (χ1) is 7.72. The summed E-state index contributed by atoms with van der Waals surface area (Å²) in [6, 6.07) is 4.78. The Balaban J connectivity index is 2.27. The largest absolute Gasteiger partial charge is 0.376 e. The van der Waals surface area contributed by atoms with Gasteiger partial charge in [0.05, 0.1) is 11.6 Å². The Kier molecular flexibility index (Phi) is 3.67. The van der Waals surface area contributed by atoms with Gasteiger partial charge in [-0.25, -0.2) is 0 Å². The van der Waals surface area contributed by atoms with Crippen LogP contribution >= 0.6 is 11.3 Å². The van der Waals surface area contributed by atoms with Crippen LogP contribution < -0.4 is 5.32 Å². The molecule has 1 aromatic heterocycles. The maximum atomic E-state index is 5.86. The van der Waals surface area contributed by atoms with Gasteiger partial charge in [-0.1, -0.05) is 12.8 Å². The van der Waals surface area contributed by atoms with Gasteiger partial charge < -0.3 is 10.1 Å². The third-order valence-electron chi connectivity index (χ3n) is 3.72. The van der Waals surface area contributed by atoms with Gasteiger partial charge in [0.25, 0.3) is 0 Å². The summed E-state index contributed by atoms with van der Waals surface area (Å²) in [4.78, 5) is 2.78. The number of thiophene rings is 1. The highest BCUT2D eigenvalue weighted by Gasteiger charge is 2.42. The minimum absolute atomic E-state index is 0.0199. The van der Waals surface area contributed by atoms with Crippen LogP contribution in [0.15, 0.2) is 12.1 Å². The Labute approximate surface area is 102 Å². The number of likely N-dealkylation sites (N-methyl/N-ethyl adjacent to an activating group) is 1. The van der Waals surface area contributed by atoms with Crippen molar-refractivity contribution in [2.45, 2.75) is 44.2 Å². The molecule has 2 nitrogen and oxygen atoms in total. The van der Waals surface area contributed by atoms with Crippen LogP contribution in [0.3, 0.4) is 0 Å². The summed E-state index contributed by atoms with van der Waals surface area (Å²) in [5.41, 5.74) is 0.0199. The van der Waals surface area contributed by atoms with Gasteiger partial charge in [-0.2, -0.15) is 0 Å². The van der Waals surface area contributed by atoms with Gasteiger partial charge in [0, 0.05) is 16.9 Å². The number of nitrogens with one attached hydrogen (secondary N) is 1. The van der Waals surface area contributed by atoms with Crippen molar-refractivity contribution in [1.29, 1.82) is 0 Å². The predicted octanol–water partition coefficient (Wildman–Crippen LogP) is 3.28. The van der Waals surface area contributed by atoms with E-state index >= 15 is 0 Å². The molecule has 16 heavy (non-hydrogen) atoms. The minimum atomic E-state index is 0.0199. The van der Waals surface area contributed by atoms with Crippen LogP contribution in [-0.4, -0.2) is 19.8 Å². The highest BCUT2D eigenvalue weighted by molar-refractivity contribution is 7.12. The van der Waals surface area contributed by atoms with Crippen molar-refractivity contribution < 1.29 is 4.74 Å². The smallest absolute Gasteiger partial charge is 0.0880 e. The van der Waals surface area contributed by atoms with Crippen LogP contribution in [0.5, 0.6) is 0 Å². The van der Waals surface area contributed by atoms with Gasteiger partial charge in [-0.05, 0) is 38.9 Å². The number of rotatable bonds is 4. The summed E-state index contributed by atoms with van der Waals surface area (Å²) in [6.07, 6.45) is 4.92. The Hall–Kier alpha value is -0.380. The average molecular weight is 239 g/mol. The van der Waals surface area contributed by atoms with E-state index in [1.54, 1.807) is 0 Å². The molecule has 0 amide bonds. The topological polar surface area (TPSA) is 21.3 Å². The van der Waals surface area contributed by atoms with Crippen molar-refractivity contribution >= 4 is 11.3 Å². The zero-order valence-electron chi connectivity index (χ0n) is 10.4. The van der Waals surface area contributed by atoms with E-state index < -0.39 is 0 Å². The summed E-state index contributed by atoms with van der Waals surface area (Å²) in [7, 11) is 3.90. The fourth-order valence-electron chi connectivity index (χ4n) is 2.86. The Bertz CT molecular complexity index is 341. The molecule has 0 aromatic carbocycles.